The van der Waals surface area contributed by atoms with Crippen molar-refractivity contribution in [1.29, 1.82) is 0 Å². The van der Waals surface area contributed by atoms with E-state index in [4.69, 9.17) is 5.73 Å². The largest absolute Gasteiger partial charge is 0.573 e. The summed E-state index contributed by atoms with van der Waals surface area (Å²) >= 11 is 0. The molecule has 0 radical (unpaired) electrons. The lowest BCUT2D eigenvalue weighted by molar-refractivity contribution is -0.275. The summed E-state index contributed by atoms with van der Waals surface area (Å²) in [6, 6.07) is 0. The van der Waals surface area contributed by atoms with Gasteiger partial charge in [0.25, 0.3) is 0 Å². The van der Waals surface area contributed by atoms with Crippen LogP contribution in [0, 0.1) is 0 Å². The second-order valence-electron chi connectivity index (χ2n) is 4.16. The van der Waals surface area contributed by atoms with Crippen LogP contribution in [0.3, 0.4) is 0 Å². The Balaban J connectivity index is 3.50. The summed E-state index contributed by atoms with van der Waals surface area (Å²) in [6.45, 7) is 0.636. The highest BCUT2D eigenvalue weighted by atomic mass is 19.4. The molecule has 11 heteroatoms. The molecule has 0 aliphatic carbocycles. The molecule has 0 fully saturated rings. The molecule has 0 saturated carbocycles. The second-order valence-corrected chi connectivity index (χ2v) is 4.16. The zero-order valence-electron chi connectivity index (χ0n) is 11.7. The van der Waals surface area contributed by atoms with Crippen LogP contribution in [0.5, 0.6) is 5.75 Å². The average molecular weight is 346 g/mol. The van der Waals surface area contributed by atoms with Crippen molar-refractivity contribution in [3.05, 3.63) is 23.0 Å². The van der Waals surface area contributed by atoms with E-state index in [2.05, 4.69) is 14.5 Å². The van der Waals surface area contributed by atoms with E-state index in [1.165, 1.54) is 6.92 Å². The van der Waals surface area contributed by atoms with E-state index in [9.17, 15) is 31.1 Å². The number of halogens is 6. The molecule has 1 heterocycles. The van der Waals surface area contributed by atoms with Gasteiger partial charge in [0.2, 0.25) is 0 Å². The Hall–Kier alpha value is -2.04. The van der Waals surface area contributed by atoms with Crippen molar-refractivity contribution in [2.24, 2.45) is 5.73 Å². The van der Waals surface area contributed by atoms with Crippen LogP contribution < -0.4 is 10.5 Å². The Bertz CT molecular complexity index is 571. The van der Waals surface area contributed by atoms with Crippen LogP contribution in [-0.2, 0) is 28.7 Å². The first-order chi connectivity index (χ1) is 10.5. The molecule has 130 valence electrons. The van der Waals surface area contributed by atoms with Crippen molar-refractivity contribution in [3.8, 4) is 5.75 Å². The molecule has 0 aromatic carbocycles. The quantitative estimate of drug-likeness (QED) is 0.655. The third-order valence-electron chi connectivity index (χ3n) is 2.55. The highest BCUT2D eigenvalue weighted by Gasteiger charge is 2.40. The van der Waals surface area contributed by atoms with E-state index >= 15 is 0 Å². The van der Waals surface area contributed by atoms with Crippen molar-refractivity contribution in [2.45, 2.75) is 32.4 Å². The van der Waals surface area contributed by atoms with Gasteiger partial charge in [-0.05, 0) is 6.92 Å². The molecule has 1 aromatic heterocycles. The first-order valence-electron chi connectivity index (χ1n) is 6.19. The van der Waals surface area contributed by atoms with Crippen LogP contribution in [-0.4, -0.2) is 23.9 Å². The second kappa shape index (κ2) is 7.02. The molecule has 0 aliphatic rings. The minimum absolute atomic E-state index is 0.148. The first kappa shape index (κ1) is 19.0. The van der Waals surface area contributed by atoms with E-state index in [0.29, 0.717) is 6.20 Å². The maximum Gasteiger partial charge on any atom is 0.573 e. The van der Waals surface area contributed by atoms with Crippen LogP contribution in [0.25, 0.3) is 0 Å². The Morgan fingerprint density at radius 2 is 1.87 bits per heavy atom. The SMILES string of the molecule is CCOC(=O)Cc1c(C(F)(F)F)cnc(CN)c1OC(F)(F)F. The topological polar surface area (TPSA) is 74.4 Å². The molecule has 23 heavy (non-hydrogen) atoms. The number of rotatable bonds is 5. The van der Waals surface area contributed by atoms with E-state index in [1.807, 2.05) is 0 Å². The number of carbonyl (C=O) groups is 1. The number of aromatic nitrogens is 1. The normalized spacial score (nSPS) is 12.2. The Kier molecular flexibility index (Phi) is 5.81. The molecule has 0 aliphatic heterocycles. The van der Waals surface area contributed by atoms with Crippen LogP contribution in [0.15, 0.2) is 6.20 Å². The number of pyridine rings is 1. The number of carbonyl (C=O) groups excluding carboxylic acids is 1. The van der Waals surface area contributed by atoms with Gasteiger partial charge in [0, 0.05) is 18.3 Å². The molecule has 0 unspecified atom stereocenters. The number of alkyl halides is 6. The predicted octanol–water partition coefficient (Wildman–Crippen LogP) is 2.56. The molecule has 0 saturated heterocycles. The van der Waals surface area contributed by atoms with Crippen molar-refractivity contribution in [3.63, 3.8) is 0 Å². The fourth-order valence-corrected chi connectivity index (χ4v) is 1.73. The standard InChI is InChI=1S/C12H12F6N2O3/c1-2-22-9(21)3-6-7(11(13,14)15)5-20-8(4-19)10(6)23-12(16,17)18/h5H,2-4,19H2,1H3. The number of hydrogen-bond acceptors (Lipinski definition) is 5. The Labute approximate surface area is 126 Å². The maximum absolute atomic E-state index is 13.0. The maximum atomic E-state index is 13.0. The minimum Gasteiger partial charge on any atom is -0.466 e. The third-order valence-corrected chi connectivity index (χ3v) is 2.55. The van der Waals surface area contributed by atoms with Gasteiger partial charge in [-0.3, -0.25) is 9.78 Å². The highest BCUT2D eigenvalue weighted by molar-refractivity contribution is 5.74. The minimum atomic E-state index is -5.28. The molecule has 0 atom stereocenters. The first-order valence-corrected chi connectivity index (χ1v) is 6.19. The summed E-state index contributed by atoms with van der Waals surface area (Å²) in [5.41, 5.74) is 2.07. The van der Waals surface area contributed by atoms with Gasteiger partial charge < -0.3 is 15.2 Å². The monoisotopic (exact) mass is 346 g/mol. The molecule has 0 bridgehead atoms. The summed E-state index contributed by atoms with van der Waals surface area (Å²) in [4.78, 5) is 14.7. The molecule has 1 rings (SSSR count). The van der Waals surface area contributed by atoms with Crippen LogP contribution in [0.2, 0.25) is 0 Å². The lowest BCUT2D eigenvalue weighted by atomic mass is 10.0. The number of hydrogen-bond donors (Lipinski definition) is 1. The fourth-order valence-electron chi connectivity index (χ4n) is 1.73. The zero-order chi connectivity index (χ0) is 17.8. The lowest BCUT2D eigenvalue weighted by Gasteiger charge is -2.19. The van der Waals surface area contributed by atoms with Crippen molar-refractivity contribution in [1.82, 2.24) is 4.98 Å². The van der Waals surface area contributed by atoms with Crippen LogP contribution >= 0.6 is 0 Å². The van der Waals surface area contributed by atoms with E-state index < -0.39 is 54.0 Å². The molecular weight excluding hydrogens is 334 g/mol. The molecule has 5 nitrogen and oxygen atoms in total. The van der Waals surface area contributed by atoms with Crippen LogP contribution in [0.4, 0.5) is 26.3 Å². The van der Waals surface area contributed by atoms with Crippen molar-refractivity contribution >= 4 is 5.97 Å². The number of nitrogens with two attached hydrogens (primary N) is 1. The number of ether oxygens (including phenoxy) is 2. The Morgan fingerprint density at radius 1 is 1.26 bits per heavy atom. The lowest BCUT2D eigenvalue weighted by Crippen LogP contribution is -2.24. The summed E-state index contributed by atoms with van der Waals surface area (Å²) in [5, 5.41) is 0. The van der Waals surface area contributed by atoms with Crippen molar-refractivity contribution in [2.75, 3.05) is 6.61 Å². The smallest absolute Gasteiger partial charge is 0.466 e. The molecule has 0 spiro atoms. The van der Waals surface area contributed by atoms with Gasteiger partial charge >= 0.3 is 18.5 Å². The summed E-state index contributed by atoms with van der Waals surface area (Å²) < 4.78 is 84.4. The highest BCUT2D eigenvalue weighted by Crippen LogP contribution is 2.39. The Morgan fingerprint density at radius 3 is 2.30 bits per heavy atom. The van der Waals surface area contributed by atoms with Gasteiger partial charge in [0.15, 0.2) is 5.75 Å². The van der Waals surface area contributed by atoms with Gasteiger partial charge in [-0.25, -0.2) is 0 Å². The third kappa shape index (κ3) is 5.27. The van der Waals surface area contributed by atoms with E-state index in [0.717, 1.165) is 0 Å². The molecule has 0 amide bonds. The van der Waals surface area contributed by atoms with Crippen LogP contribution in [0.1, 0.15) is 23.7 Å². The van der Waals surface area contributed by atoms with Gasteiger partial charge in [-0.1, -0.05) is 0 Å². The van der Waals surface area contributed by atoms with Gasteiger partial charge in [-0.2, -0.15) is 13.2 Å². The van der Waals surface area contributed by atoms with E-state index in [-0.39, 0.29) is 6.61 Å². The number of nitrogens with zero attached hydrogens (tertiary/aromatic N) is 1. The average Bonchev–Trinajstić information content (AvgIpc) is 2.37. The van der Waals surface area contributed by atoms with Gasteiger partial charge in [0.1, 0.15) is 0 Å². The molecule has 1 aromatic rings. The van der Waals surface area contributed by atoms with Gasteiger partial charge in [0.05, 0.1) is 24.3 Å². The number of esters is 1. The van der Waals surface area contributed by atoms with Crippen molar-refractivity contribution < 1.29 is 40.6 Å². The summed E-state index contributed by atoms with van der Waals surface area (Å²) in [7, 11) is 0. The zero-order valence-corrected chi connectivity index (χ0v) is 11.7. The van der Waals surface area contributed by atoms with E-state index in [1.54, 1.807) is 0 Å². The fraction of sp³-hybridized carbons (Fsp3) is 0.500. The predicted molar refractivity (Wildman–Crippen MR) is 64.2 cm³/mol. The molecular formula is C12H12F6N2O3. The van der Waals surface area contributed by atoms with Gasteiger partial charge in [-0.15, -0.1) is 13.2 Å². The summed E-state index contributed by atoms with van der Waals surface area (Å²) in [6.07, 6.45) is -11.1. The summed E-state index contributed by atoms with van der Waals surface area (Å²) in [5.74, 6) is -2.37. The molecule has 2 N–H and O–H groups in total.